The molecular weight excluding hydrogens is 204 g/mol. The van der Waals surface area contributed by atoms with Crippen molar-refractivity contribution in [2.24, 2.45) is 5.41 Å². The summed E-state index contributed by atoms with van der Waals surface area (Å²) in [6.45, 7) is 6.84. The monoisotopic (exact) mass is 226 g/mol. The summed E-state index contributed by atoms with van der Waals surface area (Å²) < 4.78 is 0. The molecule has 0 amide bonds. The van der Waals surface area contributed by atoms with Crippen LogP contribution < -0.4 is 0 Å². The maximum Gasteiger partial charge on any atom is 0.0488 e. The molecule has 0 radical (unpaired) electrons. The smallest absolute Gasteiger partial charge is 0.0488 e. The Balaban J connectivity index is 2.65. The molecule has 0 bridgehead atoms. The topological polar surface area (TPSA) is 20.2 Å². The summed E-state index contributed by atoms with van der Waals surface area (Å²) in [6.07, 6.45) is 4.38. The second-order valence-electron chi connectivity index (χ2n) is 4.62. The lowest BCUT2D eigenvalue weighted by Crippen LogP contribution is -2.23. The second kappa shape index (κ2) is 5.66. The fourth-order valence-corrected chi connectivity index (χ4v) is 3.13. The van der Waals surface area contributed by atoms with Gasteiger partial charge in [-0.25, -0.2) is 0 Å². The van der Waals surface area contributed by atoms with Gasteiger partial charge in [0, 0.05) is 16.4 Å². The lowest BCUT2D eigenvalue weighted by molar-refractivity contribution is 0.132. The average molecular weight is 226 g/mol. The van der Waals surface area contributed by atoms with E-state index in [2.05, 4.69) is 32.9 Å². The molecule has 1 rings (SSSR count). The highest BCUT2D eigenvalue weighted by Crippen LogP contribution is 2.30. The van der Waals surface area contributed by atoms with E-state index in [1.165, 1.54) is 9.75 Å². The number of thiophene rings is 1. The van der Waals surface area contributed by atoms with Crippen molar-refractivity contribution in [1.82, 2.24) is 0 Å². The summed E-state index contributed by atoms with van der Waals surface area (Å²) in [5, 5.41) is 9.45. The van der Waals surface area contributed by atoms with E-state index in [4.69, 9.17) is 0 Å². The molecule has 1 atom stereocenters. The molecule has 0 fully saturated rings. The number of hydrogen-bond donors (Lipinski definition) is 1. The molecule has 1 heterocycles. The fourth-order valence-electron chi connectivity index (χ4n) is 1.95. The highest BCUT2D eigenvalue weighted by Gasteiger charge is 2.23. The zero-order valence-electron chi connectivity index (χ0n) is 10.0. The van der Waals surface area contributed by atoms with Crippen LogP contribution in [0.4, 0.5) is 0 Å². The molecule has 2 heteroatoms. The Kier molecular flexibility index (Phi) is 4.81. The van der Waals surface area contributed by atoms with Crippen LogP contribution in [0, 0.1) is 5.41 Å². The zero-order valence-corrected chi connectivity index (χ0v) is 10.9. The quantitative estimate of drug-likeness (QED) is 0.785. The van der Waals surface area contributed by atoms with Gasteiger partial charge in [0.15, 0.2) is 0 Å². The van der Waals surface area contributed by atoms with Crippen molar-refractivity contribution in [3.8, 4) is 0 Å². The van der Waals surface area contributed by atoms with Gasteiger partial charge in [0.2, 0.25) is 0 Å². The molecule has 0 aliphatic rings. The van der Waals surface area contributed by atoms with Crippen LogP contribution in [0.1, 0.15) is 43.4 Å². The van der Waals surface area contributed by atoms with Gasteiger partial charge in [0.25, 0.3) is 0 Å². The third-order valence-corrected chi connectivity index (χ3v) is 4.13. The predicted octanol–water partition coefficient (Wildman–Crippen LogP) is 3.65. The van der Waals surface area contributed by atoms with E-state index in [1.807, 2.05) is 11.3 Å². The number of aryl methyl sites for hydroxylation is 1. The number of hydrogen-bond acceptors (Lipinski definition) is 2. The first-order valence-corrected chi connectivity index (χ1v) is 6.63. The van der Waals surface area contributed by atoms with E-state index >= 15 is 0 Å². The van der Waals surface area contributed by atoms with E-state index in [0.717, 1.165) is 25.7 Å². The summed E-state index contributed by atoms with van der Waals surface area (Å²) in [6, 6.07) is 4.43. The van der Waals surface area contributed by atoms with Crippen molar-refractivity contribution >= 4 is 11.3 Å². The molecule has 0 spiro atoms. The summed E-state index contributed by atoms with van der Waals surface area (Å²) in [7, 11) is 0. The van der Waals surface area contributed by atoms with Crippen LogP contribution >= 0.6 is 11.3 Å². The molecule has 15 heavy (non-hydrogen) atoms. The Labute approximate surface area is 97.2 Å². The van der Waals surface area contributed by atoms with Crippen molar-refractivity contribution in [3.63, 3.8) is 0 Å². The van der Waals surface area contributed by atoms with E-state index in [0.29, 0.717) is 6.61 Å². The van der Waals surface area contributed by atoms with Gasteiger partial charge in [0.1, 0.15) is 0 Å². The first kappa shape index (κ1) is 12.7. The Morgan fingerprint density at radius 2 is 1.93 bits per heavy atom. The normalized spacial score (nSPS) is 15.2. The van der Waals surface area contributed by atoms with Crippen LogP contribution in [0.25, 0.3) is 0 Å². The molecule has 1 aromatic heterocycles. The fraction of sp³-hybridized carbons (Fsp3) is 0.692. The Morgan fingerprint density at radius 1 is 1.27 bits per heavy atom. The number of aliphatic hydroxyl groups is 1. The predicted molar refractivity (Wildman–Crippen MR) is 67.5 cm³/mol. The first-order chi connectivity index (χ1) is 7.13. The Bertz CT molecular complexity index is 292. The van der Waals surface area contributed by atoms with E-state index < -0.39 is 0 Å². The van der Waals surface area contributed by atoms with Gasteiger partial charge in [-0.2, -0.15) is 0 Å². The first-order valence-electron chi connectivity index (χ1n) is 5.82. The minimum Gasteiger partial charge on any atom is -0.396 e. The van der Waals surface area contributed by atoms with E-state index in [-0.39, 0.29) is 5.41 Å². The van der Waals surface area contributed by atoms with Crippen LogP contribution in [0.2, 0.25) is 0 Å². The Hall–Kier alpha value is -0.340. The van der Waals surface area contributed by atoms with Gasteiger partial charge < -0.3 is 5.11 Å². The molecule has 0 saturated heterocycles. The number of rotatable bonds is 6. The van der Waals surface area contributed by atoms with Crippen molar-refractivity contribution in [2.75, 3.05) is 6.61 Å². The molecule has 1 unspecified atom stereocenters. The van der Waals surface area contributed by atoms with Crippen LogP contribution in [-0.4, -0.2) is 11.7 Å². The van der Waals surface area contributed by atoms with Gasteiger partial charge in [-0.3, -0.25) is 0 Å². The summed E-state index contributed by atoms with van der Waals surface area (Å²) in [5.41, 5.74) is 0.0740. The lowest BCUT2D eigenvalue weighted by Gasteiger charge is -2.26. The second-order valence-corrected chi connectivity index (χ2v) is 5.87. The molecule has 86 valence electrons. The summed E-state index contributed by atoms with van der Waals surface area (Å²) in [4.78, 5) is 2.86. The molecule has 0 aliphatic heterocycles. The average Bonchev–Trinajstić information content (AvgIpc) is 2.66. The van der Waals surface area contributed by atoms with E-state index in [1.54, 1.807) is 0 Å². The Morgan fingerprint density at radius 3 is 2.40 bits per heavy atom. The maximum atomic E-state index is 9.45. The highest BCUT2D eigenvalue weighted by atomic mass is 32.1. The van der Waals surface area contributed by atoms with Gasteiger partial charge in [-0.1, -0.05) is 27.2 Å². The van der Waals surface area contributed by atoms with E-state index in [9.17, 15) is 5.11 Å². The maximum absolute atomic E-state index is 9.45. The summed E-state index contributed by atoms with van der Waals surface area (Å²) >= 11 is 1.89. The summed E-state index contributed by atoms with van der Waals surface area (Å²) in [5.74, 6) is 0. The van der Waals surface area contributed by atoms with Gasteiger partial charge in [-0.15, -0.1) is 11.3 Å². The molecule has 0 saturated carbocycles. The van der Waals surface area contributed by atoms with Crippen LogP contribution in [0.3, 0.4) is 0 Å². The molecule has 0 aliphatic carbocycles. The highest BCUT2D eigenvalue weighted by molar-refractivity contribution is 7.11. The molecule has 1 aromatic rings. The van der Waals surface area contributed by atoms with Crippen molar-refractivity contribution in [3.05, 3.63) is 21.9 Å². The minimum absolute atomic E-state index is 0.0740. The van der Waals surface area contributed by atoms with Gasteiger partial charge in [0.05, 0.1) is 0 Å². The van der Waals surface area contributed by atoms with Gasteiger partial charge >= 0.3 is 0 Å². The van der Waals surface area contributed by atoms with Crippen molar-refractivity contribution in [1.29, 1.82) is 0 Å². The van der Waals surface area contributed by atoms with Crippen LogP contribution in [0.5, 0.6) is 0 Å². The SMILES string of the molecule is CCCC(C)(CO)Cc1ccc(CC)s1. The van der Waals surface area contributed by atoms with Crippen LogP contribution in [-0.2, 0) is 12.8 Å². The minimum atomic E-state index is 0.0740. The van der Waals surface area contributed by atoms with Crippen molar-refractivity contribution in [2.45, 2.75) is 46.5 Å². The third kappa shape index (κ3) is 3.62. The third-order valence-electron chi connectivity index (χ3n) is 2.90. The molecule has 0 aromatic carbocycles. The number of aliphatic hydroxyl groups excluding tert-OH is 1. The standard InChI is InChI=1S/C13H22OS/c1-4-8-13(3,10-14)9-12-7-6-11(5-2)15-12/h6-7,14H,4-5,8-10H2,1-3H3. The zero-order chi connectivity index (χ0) is 11.3. The molecule has 1 N–H and O–H groups in total. The largest absolute Gasteiger partial charge is 0.396 e. The van der Waals surface area contributed by atoms with Crippen molar-refractivity contribution < 1.29 is 5.11 Å². The van der Waals surface area contributed by atoms with Crippen LogP contribution in [0.15, 0.2) is 12.1 Å². The van der Waals surface area contributed by atoms with Gasteiger partial charge in [-0.05, 0) is 36.8 Å². The molecular formula is C13H22OS. The molecule has 1 nitrogen and oxygen atoms in total. The lowest BCUT2D eigenvalue weighted by atomic mass is 9.83.